The van der Waals surface area contributed by atoms with Gasteiger partial charge < -0.3 is 36.7 Å². The van der Waals surface area contributed by atoms with Crippen LogP contribution in [0.1, 0.15) is 126 Å². The minimum atomic E-state index is -0.684. The lowest BCUT2D eigenvalue weighted by Gasteiger charge is -2.25. The van der Waals surface area contributed by atoms with Gasteiger partial charge in [-0.15, -0.1) is 0 Å². The molecular formula is C47H56N4O5. The quantitative estimate of drug-likeness (QED) is 0.0277. The molecule has 0 aliphatic heterocycles. The van der Waals surface area contributed by atoms with Gasteiger partial charge in [0.05, 0.1) is 19.2 Å². The van der Waals surface area contributed by atoms with Crippen molar-refractivity contribution < 1.29 is 24.5 Å². The van der Waals surface area contributed by atoms with Crippen molar-refractivity contribution in [1.82, 2.24) is 10.3 Å². The first kappa shape index (κ1) is 40.5. The fourth-order valence-corrected chi connectivity index (χ4v) is 8.22. The fraction of sp³-hybridized carbons (Fsp3) is 0.404. The standard InChI is InChI=1S/C47H56N4O5/c1-50-25-6-2-3-21-47(22-4-5-23-47)24-18-36(52)14-10-32-12-17-43(54)45(29-32)56-27-20-33-11-16-42(53)40(28-33)39-31-44(55)38-19-26-51-41(38)9-7-8-34-30-35(46(48)49)13-15-37(34)39/h11-13,15-19,24,26,28-30,39,46,50-51,53-54H,2-6,9-10,14,20-23,25,27,31,48-49H2,1H3. The van der Waals surface area contributed by atoms with Crippen LogP contribution >= 0.6 is 0 Å². The van der Waals surface area contributed by atoms with E-state index in [2.05, 4.69) is 28.2 Å². The number of aromatic hydroxyl groups is 2. The smallest absolute Gasteiger partial charge is 0.165 e. The molecule has 0 radical (unpaired) electrons. The summed E-state index contributed by atoms with van der Waals surface area (Å²) in [5, 5.41) is 25.1. The third-order valence-electron chi connectivity index (χ3n) is 11.5. The summed E-state index contributed by atoms with van der Waals surface area (Å²) in [6.45, 7) is 1.31. The first-order valence-corrected chi connectivity index (χ1v) is 20.1. The number of allylic oxidation sites excluding steroid dienone is 2. The summed E-state index contributed by atoms with van der Waals surface area (Å²) in [6, 6.07) is 18.0. The number of aromatic nitrogens is 1. The van der Waals surface area contributed by atoms with E-state index in [9.17, 15) is 19.8 Å². The average molecular weight is 757 g/mol. The molecule has 8 N–H and O–H groups in total. The molecule has 0 spiro atoms. The predicted molar refractivity (Wildman–Crippen MR) is 221 cm³/mol. The fourth-order valence-electron chi connectivity index (χ4n) is 8.22. The van der Waals surface area contributed by atoms with Crippen molar-refractivity contribution >= 4 is 11.6 Å². The summed E-state index contributed by atoms with van der Waals surface area (Å²) in [6.07, 6.45) is 16.5. The third kappa shape index (κ3) is 10.4. The maximum atomic E-state index is 13.7. The molecule has 1 aromatic heterocycles. The second-order valence-corrected chi connectivity index (χ2v) is 15.5. The first-order valence-electron chi connectivity index (χ1n) is 20.1. The van der Waals surface area contributed by atoms with Gasteiger partial charge in [0.25, 0.3) is 0 Å². The minimum absolute atomic E-state index is 0.0303. The molecule has 2 aliphatic rings. The number of phenols is 2. The number of fused-ring (bicyclic) bond motifs is 2. The van der Waals surface area contributed by atoms with Gasteiger partial charge in [-0.3, -0.25) is 9.59 Å². The van der Waals surface area contributed by atoms with Gasteiger partial charge in [0.1, 0.15) is 5.75 Å². The Labute approximate surface area is 330 Å². The minimum Gasteiger partial charge on any atom is -0.508 e. The first-order chi connectivity index (χ1) is 27.1. The summed E-state index contributed by atoms with van der Waals surface area (Å²) in [4.78, 5) is 29.9. The molecule has 0 bridgehead atoms. The Morgan fingerprint density at radius 2 is 1.77 bits per heavy atom. The lowest BCUT2D eigenvalue weighted by atomic mass is 9.80. The van der Waals surface area contributed by atoms with E-state index in [1.807, 2.05) is 49.5 Å². The summed E-state index contributed by atoms with van der Waals surface area (Å²) in [5.74, 6) is 6.51. The molecule has 9 heteroatoms. The Morgan fingerprint density at radius 3 is 2.55 bits per heavy atom. The number of ketones is 2. The highest BCUT2D eigenvalue weighted by Crippen LogP contribution is 2.44. The van der Waals surface area contributed by atoms with Gasteiger partial charge in [0.2, 0.25) is 0 Å². The van der Waals surface area contributed by atoms with Crippen molar-refractivity contribution in [2.24, 2.45) is 16.9 Å². The van der Waals surface area contributed by atoms with Crippen molar-refractivity contribution in [3.63, 3.8) is 0 Å². The molecule has 2 aliphatic carbocycles. The van der Waals surface area contributed by atoms with E-state index >= 15 is 0 Å². The van der Waals surface area contributed by atoms with Gasteiger partial charge in [0, 0.05) is 53.8 Å². The predicted octanol–water partition coefficient (Wildman–Crippen LogP) is 7.67. The van der Waals surface area contributed by atoms with Crippen LogP contribution in [0.2, 0.25) is 0 Å². The lowest BCUT2D eigenvalue weighted by molar-refractivity contribution is -0.114. The van der Waals surface area contributed by atoms with Gasteiger partial charge in [-0.25, -0.2) is 0 Å². The Morgan fingerprint density at radius 1 is 0.982 bits per heavy atom. The molecule has 1 fully saturated rings. The van der Waals surface area contributed by atoms with Crippen molar-refractivity contribution in [2.45, 2.75) is 95.6 Å². The number of nitrogens with two attached hydrogens (primary N) is 2. The van der Waals surface area contributed by atoms with Crippen LogP contribution in [-0.4, -0.2) is 47.0 Å². The van der Waals surface area contributed by atoms with Crippen LogP contribution in [0.25, 0.3) is 0 Å². The number of nitrogens with one attached hydrogen (secondary N) is 2. The topological polar surface area (TPSA) is 164 Å². The molecule has 3 aromatic carbocycles. The van der Waals surface area contributed by atoms with Crippen molar-refractivity contribution in [1.29, 1.82) is 0 Å². The zero-order valence-electron chi connectivity index (χ0n) is 32.5. The normalized spacial score (nSPS) is 16.4. The number of hydrogen-bond donors (Lipinski definition) is 6. The number of Topliss-reactive ketones (excluding diaryl/α,β-unsaturated/α-hetero) is 1. The Hall–Kier alpha value is -5.14. The molecule has 1 atom stereocenters. The molecule has 0 amide bonds. The molecule has 1 unspecified atom stereocenters. The second kappa shape index (κ2) is 19.1. The molecular weight excluding hydrogens is 701 g/mol. The number of phenolic OH excluding ortho intramolecular Hbond substituents is 2. The van der Waals surface area contributed by atoms with E-state index in [1.54, 1.807) is 30.5 Å². The highest BCUT2D eigenvalue weighted by Gasteiger charge is 2.31. The molecule has 0 saturated heterocycles. The average Bonchev–Trinajstić information content (AvgIpc) is 3.87. The number of aromatic amines is 1. The Kier molecular flexibility index (Phi) is 13.8. The Bertz CT molecular complexity index is 2080. The number of rotatable bonds is 17. The van der Waals surface area contributed by atoms with E-state index in [1.165, 1.54) is 32.1 Å². The van der Waals surface area contributed by atoms with E-state index in [0.29, 0.717) is 48.1 Å². The number of H-pyrrole nitrogens is 1. The van der Waals surface area contributed by atoms with E-state index in [0.717, 1.165) is 53.8 Å². The van der Waals surface area contributed by atoms with Crippen LogP contribution in [0, 0.1) is 17.3 Å². The number of aryl methyl sites for hydroxylation is 1. The summed E-state index contributed by atoms with van der Waals surface area (Å²) in [5.41, 5.74) is 18.2. The van der Waals surface area contributed by atoms with Gasteiger partial charge in [-0.1, -0.05) is 73.9 Å². The number of hydrogen-bond acceptors (Lipinski definition) is 8. The van der Waals surface area contributed by atoms with E-state index < -0.39 is 12.1 Å². The summed E-state index contributed by atoms with van der Waals surface area (Å²) >= 11 is 0. The molecule has 9 nitrogen and oxygen atoms in total. The van der Waals surface area contributed by atoms with Crippen LogP contribution in [-0.2, 0) is 24.1 Å². The van der Waals surface area contributed by atoms with Crippen LogP contribution in [0.5, 0.6) is 17.2 Å². The molecule has 1 saturated carbocycles. The molecule has 294 valence electrons. The Balaban J connectivity index is 1.11. The van der Waals surface area contributed by atoms with Crippen LogP contribution in [0.3, 0.4) is 0 Å². The maximum Gasteiger partial charge on any atom is 0.165 e. The maximum absolute atomic E-state index is 13.7. The monoisotopic (exact) mass is 756 g/mol. The lowest BCUT2D eigenvalue weighted by Crippen LogP contribution is -2.20. The van der Waals surface area contributed by atoms with Crippen molar-refractivity contribution in [3.05, 3.63) is 124 Å². The number of unbranched alkanes of at least 4 members (excludes halogenated alkanes) is 2. The largest absolute Gasteiger partial charge is 0.508 e. The number of carbonyl (C=O) groups is 2. The van der Waals surface area contributed by atoms with Gasteiger partial charge in [-0.05, 0) is 110 Å². The SMILES string of the molecule is CNCCCCCC1(C=CC(=O)CCc2ccc(O)c(OCCc3ccc(O)c(C4CC(=O)c5cc[nH]c5CC#Cc5cc(C(N)N)ccc54)c3)c2)CCCC1. The van der Waals surface area contributed by atoms with Crippen LogP contribution in [0.4, 0.5) is 0 Å². The molecule has 56 heavy (non-hydrogen) atoms. The molecule has 6 rings (SSSR count). The highest BCUT2D eigenvalue weighted by atomic mass is 16.5. The summed E-state index contributed by atoms with van der Waals surface area (Å²) < 4.78 is 6.09. The zero-order chi connectivity index (χ0) is 39.5. The number of carbonyl (C=O) groups excluding carboxylic acids is 2. The zero-order valence-corrected chi connectivity index (χ0v) is 32.5. The van der Waals surface area contributed by atoms with E-state index in [-0.39, 0.29) is 41.5 Å². The third-order valence-corrected chi connectivity index (χ3v) is 11.5. The van der Waals surface area contributed by atoms with Crippen molar-refractivity contribution in [3.8, 4) is 29.1 Å². The summed E-state index contributed by atoms with van der Waals surface area (Å²) in [7, 11) is 1.99. The van der Waals surface area contributed by atoms with Gasteiger partial charge in [0.15, 0.2) is 23.1 Å². The highest BCUT2D eigenvalue weighted by molar-refractivity contribution is 5.98. The number of ether oxygens (including phenoxy) is 1. The van der Waals surface area contributed by atoms with Crippen LogP contribution < -0.4 is 21.5 Å². The van der Waals surface area contributed by atoms with Crippen LogP contribution in [0.15, 0.2) is 79.0 Å². The second-order valence-electron chi connectivity index (χ2n) is 15.5. The number of benzene rings is 3. The molecule has 1 heterocycles. The van der Waals surface area contributed by atoms with E-state index in [4.69, 9.17) is 16.2 Å². The van der Waals surface area contributed by atoms with Gasteiger partial charge in [-0.2, -0.15) is 0 Å². The van der Waals surface area contributed by atoms with Gasteiger partial charge >= 0.3 is 0 Å². The van der Waals surface area contributed by atoms with Crippen molar-refractivity contribution in [2.75, 3.05) is 20.2 Å². The molecule has 4 aromatic rings.